The Labute approximate surface area is 194 Å². The van der Waals surface area contributed by atoms with Crippen LogP contribution >= 0.6 is 12.4 Å². The maximum Gasteiger partial charge on any atom is 0.188 e. The van der Waals surface area contributed by atoms with Crippen LogP contribution in [-0.4, -0.2) is 42.1 Å². The van der Waals surface area contributed by atoms with Gasteiger partial charge in [-0.1, -0.05) is 24.3 Å². The zero-order valence-corrected chi connectivity index (χ0v) is 19.2. The molecule has 0 unspecified atom stereocenters. The van der Waals surface area contributed by atoms with E-state index < -0.39 is 0 Å². The van der Waals surface area contributed by atoms with Crippen molar-refractivity contribution >= 4 is 40.5 Å². The number of ether oxygens (including phenoxy) is 1. The number of benzene rings is 2. The van der Waals surface area contributed by atoms with E-state index in [4.69, 9.17) is 11.3 Å². The molecule has 1 aliphatic rings. The van der Waals surface area contributed by atoms with Crippen LogP contribution in [0, 0.1) is 19.4 Å². The molecule has 0 saturated carbocycles. The molecular weight excluding hydrogens is 426 g/mol. The summed E-state index contributed by atoms with van der Waals surface area (Å²) in [4.78, 5) is 5.82. The highest BCUT2D eigenvalue weighted by Gasteiger charge is 2.22. The maximum absolute atomic E-state index is 9.42. The number of hydrogen-bond donors (Lipinski definition) is 2. The third-order valence-electron chi connectivity index (χ3n) is 5.96. The second kappa shape index (κ2) is 10.5. The lowest BCUT2D eigenvalue weighted by molar-refractivity contribution is 0.203. The molecule has 8 heteroatoms. The van der Waals surface area contributed by atoms with Gasteiger partial charge in [0.15, 0.2) is 17.3 Å². The van der Waals surface area contributed by atoms with E-state index in [9.17, 15) is 5.11 Å². The van der Waals surface area contributed by atoms with E-state index in [0.29, 0.717) is 24.0 Å². The van der Waals surface area contributed by atoms with Gasteiger partial charge in [0.1, 0.15) is 5.75 Å². The number of hydrogen-bond acceptors (Lipinski definition) is 6. The Kier molecular flexibility index (Phi) is 7.73. The van der Waals surface area contributed by atoms with E-state index >= 15 is 0 Å². The van der Waals surface area contributed by atoms with Gasteiger partial charge in [0, 0.05) is 37.0 Å². The molecule has 2 heterocycles. The first-order chi connectivity index (χ1) is 15.1. The third-order valence-corrected chi connectivity index (χ3v) is 5.96. The minimum Gasteiger partial charge on any atom is -0.496 e. The lowest BCUT2D eigenvalue weighted by Crippen LogP contribution is -2.35. The Morgan fingerprint density at radius 3 is 2.59 bits per heavy atom. The molecule has 2 aromatic carbocycles. The van der Waals surface area contributed by atoms with Crippen LogP contribution in [0.1, 0.15) is 24.0 Å². The number of aryl methyl sites for hydroxylation is 1. The molecule has 4 rings (SSSR count). The van der Waals surface area contributed by atoms with Crippen LogP contribution < -0.4 is 15.0 Å². The van der Waals surface area contributed by atoms with Gasteiger partial charge in [0.25, 0.3) is 0 Å². The quantitative estimate of drug-likeness (QED) is 0.525. The van der Waals surface area contributed by atoms with Crippen molar-refractivity contribution in [2.75, 3.05) is 37.0 Å². The molecule has 7 nitrogen and oxygen atoms in total. The van der Waals surface area contributed by atoms with Crippen LogP contribution in [0.3, 0.4) is 0 Å². The Hall–Kier alpha value is -3.08. The van der Waals surface area contributed by atoms with Gasteiger partial charge >= 0.3 is 0 Å². The molecule has 32 heavy (non-hydrogen) atoms. The summed E-state index contributed by atoms with van der Waals surface area (Å²) in [5.41, 5.74) is 2.77. The number of anilines is 2. The summed E-state index contributed by atoms with van der Waals surface area (Å²) in [6.07, 6.45) is 1.88. The molecule has 0 amide bonds. The number of halogens is 1. The van der Waals surface area contributed by atoms with Crippen LogP contribution in [0.4, 0.5) is 17.3 Å². The normalized spacial score (nSPS) is 14.0. The van der Waals surface area contributed by atoms with E-state index in [-0.39, 0.29) is 19.0 Å². The summed E-state index contributed by atoms with van der Waals surface area (Å²) in [6.45, 7) is 11.9. The zero-order chi connectivity index (χ0) is 21.8. The van der Waals surface area contributed by atoms with Gasteiger partial charge in [0.2, 0.25) is 0 Å². The second-order valence-corrected chi connectivity index (χ2v) is 7.98. The van der Waals surface area contributed by atoms with E-state index in [2.05, 4.69) is 31.3 Å². The monoisotopic (exact) mass is 453 g/mol. The van der Waals surface area contributed by atoms with E-state index in [1.54, 1.807) is 7.11 Å². The highest BCUT2D eigenvalue weighted by molar-refractivity contribution is 6.00. The lowest BCUT2D eigenvalue weighted by Gasteiger charge is -2.32. The molecule has 0 bridgehead atoms. The van der Waals surface area contributed by atoms with Crippen molar-refractivity contribution in [3.63, 3.8) is 0 Å². The number of aromatic nitrogens is 2. The number of aliphatic hydroxyl groups is 1. The van der Waals surface area contributed by atoms with Gasteiger partial charge in [-0.3, -0.25) is 0 Å². The van der Waals surface area contributed by atoms with Crippen molar-refractivity contribution in [1.29, 1.82) is 0 Å². The highest BCUT2D eigenvalue weighted by atomic mass is 35.5. The van der Waals surface area contributed by atoms with Gasteiger partial charge in [0.05, 0.1) is 13.7 Å². The van der Waals surface area contributed by atoms with Crippen LogP contribution in [0.15, 0.2) is 36.4 Å². The number of methoxy groups -OCH3 is 1. The first-order valence-corrected chi connectivity index (χ1v) is 10.5. The minimum atomic E-state index is 0. The lowest BCUT2D eigenvalue weighted by atomic mass is 9.97. The molecular formula is C24H28ClN5O2. The molecule has 1 aliphatic heterocycles. The van der Waals surface area contributed by atoms with Gasteiger partial charge < -0.3 is 20.1 Å². The molecule has 3 aromatic rings. The predicted molar refractivity (Wildman–Crippen MR) is 130 cm³/mol. The molecule has 168 valence electrons. The summed E-state index contributed by atoms with van der Waals surface area (Å²) in [7, 11) is 1.67. The van der Waals surface area contributed by atoms with Crippen LogP contribution in [0.2, 0.25) is 0 Å². The summed E-state index contributed by atoms with van der Waals surface area (Å²) in [6, 6.07) is 11.8. The zero-order valence-electron chi connectivity index (χ0n) is 18.3. The van der Waals surface area contributed by atoms with Crippen LogP contribution in [0.5, 0.6) is 5.75 Å². The summed E-state index contributed by atoms with van der Waals surface area (Å²) in [5.74, 6) is 2.74. The summed E-state index contributed by atoms with van der Waals surface area (Å²) in [5, 5.41) is 23.7. The summed E-state index contributed by atoms with van der Waals surface area (Å²) < 4.78 is 5.34. The SMILES string of the molecule is Cl.[C-]#[N+]c1ccc2c(N3CCC(CO)CC3)nnc(NCc3ccc(OC)c(C)c3)c2c1. The predicted octanol–water partition coefficient (Wildman–Crippen LogP) is 4.74. The Balaban J connectivity index is 0.00000289. The van der Waals surface area contributed by atoms with Crippen molar-refractivity contribution in [1.82, 2.24) is 10.2 Å². The van der Waals surface area contributed by atoms with Crippen molar-refractivity contribution in [3.05, 3.63) is 58.9 Å². The van der Waals surface area contributed by atoms with E-state index in [1.165, 1.54) is 0 Å². The first kappa shape index (κ1) is 23.6. The van der Waals surface area contributed by atoms with Crippen molar-refractivity contribution in [2.45, 2.75) is 26.3 Å². The smallest absolute Gasteiger partial charge is 0.188 e. The molecule has 0 radical (unpaired) electrons. The average molecular weight is 454 g/mol. The van der Waals surface area contributed by atoms with Gasteiger partial charge in [-0.15, -0.1) is 22.6 Å². The number of piperidine rings is 1. The number of rotatable bonds is 6. The number of aliphatic hydroxyl groups excluding tert-OH is 1. The van der Waals surface area contributed by atoms with Crippen molar-refractivity contribution < 1.29 is 9.84 Å². The largest absolute Gasteiger partial charge is 0.496 e. The molecule has 0 aliphatic carbocycles. The number of fused-ring (bicyclic) bond motifs is 1. The second-order valence-electron chi connectivity index (χ2n) is 7.98. The molecule has 1 fully saturated rings. The third kappa shape index (κ3) is 4.87. The minimum absolute atomic E-state index is 0. The Morgan fingerprint density at radius 2 is 1.94 bits per heavy atom. The van der Waals surface area contributed by atoms with Crippen LogP contribution in [-0.2, 0) is 6.54 Å². The van der Waals surface area contributed by atoms with Gasteiger partial charge in [-0.25, -0.2) is 4.85 Å². The van der Waals surface area contributed by atoms with Crippen molar-refractivity contribution in [2.24, 2.45) is 5.92 Å². The fourth-order valence-corrected chi connectivity index (χ4v) is 4.13. The van der Waals surface area contributed by atoms with E-state index in [0.717, 1.165) is 59.4 Å². The molecule has 0 spiro atoms. The molecule has 1 aromatic heterocycles. The Bertz CT molecular complexity index is 1120. The van der Waals surface area contributed by atoms with Gasteiger partial charge in [-0.05, 0) is 48.9 Å². The topological polar surface area (TPSA) is 74.9 Å². The Morgan fingerprint density at radius 1 is 1.16 bits per heavy atom. The van der Waals surface area contributed by atoms with Crippen LogP contribution in [0.25, 0.3) is 15.6 Å². The fourth-order valence-electron chi connectivity index (χ4n) is 4.13. The standard InChI is InChI=1S/C24H27N5O2.ClH/c1-16-12-18(4-7-22(16)31-3)14-26-23-21-13-19(25-2)5-6-20(21)24(28-27-23)29-10-8-17(15-30)9-11-29;/h4-7,12-13,17,30H,8-11,14-15H2,1,3H3,(H,26,27);1H. The highest BCUT2D eigenvalue weighted by Crippen LogP contribution is 2.33. The van der Waals surface area contributed by atoms with Gasteiger partial charge in [-0.2, -0.15) is 0 Å². The van der Waals surface area contributed by atoms with E-state index in [1.807, 2.05) is 37.3 Å². The maximum atomic E-state index is 9.42. The summed E-state index contributed by atoms with van der Waals surface area (Å²) >= 11 is 0. The first-order valence-electron chi connectivity index (χ1n) is 10.5. The number of nitrogens with zero attached hydrogens (tertiary/aromatic N) is 4. The molecule has 1 saturated heterocycles. The number of nitrogens with one attached hydrogen (secondary N) is 1. The molecule has 0 atom stereocenters. The molecule has 2 N–H and O–H groups in total. The fraction of sp³-hybridized carbons (Fsp3) is 0.375. The van der Waals surface area contributed by atoms with Crippen molar-refractivity contribution in [3.8, 4) is 5.75 Å². The average Bonchev–Trinajstić information content (AvgIpc) is 2.82.